The summed E-state index contributed by atoms with van der Waals surface area (Å²) in [5.74, 6) is -1.15. The molecule has 0 aromatic heterocycles. The fourth-order valence-corrected chi connectivity index (χ4v) is 7.83. The molecule has 0 saturated carbocycles. The van der Waals surface area contributed by atoms with Crippen molar-refractivity contribution in [3.8, 4) is 0 Å². The fraction of sp³-hybridized carbons (Fsp3) is 0.391. The van der Waals surface area contributed by atoms with Crippen molar-refractivity contribution in [3.05, 3.63) is 60.7 Å². The van der Waals surface area contributed by atoms with Gasteiger partial charge in [0.2, 0.25) is 0 Å². The highest BCUT2D eigenvalue weighted by atomic mass is 28.4. The average molecular weight is 431 g/mol. The van der Waals surface area contributed by atoms with Crippen LogP contribution in [0.4, 0.5) is 0 Å². The topological polar surface area (TPSA) is 93.1 Å². The minimum atomic E-state index is -3.01. The highest BCUT2D eigenvalue weighted by Crippen LogP contribution is 2.37. The number of benzene rings is 2. The molecule has 0 bridgehead atoms. The number of carbonyl (C=O) groups excluding carboxylic acids is 2. The molecular weight excluding hydrogens is 400 g/mol. The molecule has 0 unspecified atom stereocenters. The lowest BCUT2D eigenvalue weighted by Gasteiger charge is -2.42. The predicted molar refractivity (Wildman–Crippen MR) is 117 cm³/mol. The summed E-state index contributed by atoms with van der Waals surface area (Å²) in [6.07, 6.45) is -1.31. The Morgan fingerprint density at radius 2 is 1.27 bits per heavy atom. The average Bonchev–Trinajstić information content (AvgIpc) is 2.74. The third-order valence-corrected chi connectivity index (χ3v) is 9.86. The van der Waals surface area contributed by atoms with Gasteiger partial charge in [0.15, 0.2) is 0 Å². The molecule has 6 nitrogen and oxygen atoms in total. The quantitative estimate of drug-likeness (QED) is 0.465. The van der Waals surface area contributed by atoms with E-state index in [1.807, 2.05) is 60.7 Å². The molecule has 0 aliphatic rings. The molecule has 0 radical (unpaired) electrons. The zero-order valence-corrected chi connectivity index (χ0v) is 18.7. The lowest BCUT2D eigenvalue weighted by Crippen LogP contribution is -2.67. The molecule has 2 aromatic rings. The first-order valence-electron chi connectivity index (χ1n) is 9.98. The van der Waals surface area contributed by atoms with Crippen LogP contribution >= 0.6 is 0 Å². The van der Waals surface area contributed by atoms with Gasteiger partial charge in [0.25, 0.3) is 5.97 Å². The molecule has 2 N–H and O–H groups in total. The molecule has 0 spiro atoms. The van der Waals surface area contributed by atoms with Crippen molar-refractivity contribution >= 4 is 30.6 Å². The molecule has 0 amide bonds. The number of esters is 1. The zero-order valence-electron chi connectivity index (χ0n) is 17.7. The fourth-order valence-electron chi connectivity index (χ4n) is 3.45. The van der Waals surface area contributed by atoms with E-state index in [0.29, 0.717) is 0 Å². The van der Waals surface area contributed by atoms with Gasteiger partial charge in [0.05, 0.1) is 26.1 Å². The largest absolute Gasteiger partial charge is 0.510 e. The first kappa shape index (κ1) is 23.8. The minimum Gasteiger partial charge on any atom is -0.510 e. The van der Waals surface area contributed by atoms with Crippen LogP contribution in [-0.4, -0.2) is 49.8 Å². The van der Waals surface area contributed by atoms with Crippen molar-refractivity contribution < 1.29 is 29.0 Å². The van der Waals surface area contributed by atoms with Crippen LogP contribution in [-0.2, 0) is 18.8 Å². The van der Waals surface area contributed by atoms with Gasteiger partial charge < -0.3 is 19.4 Å². The summed E-state index contributed by atoms with van der Waals surface area (Å²) in [5, 5.41) is 19.6. The van der Waals surface area contributed by atoms with E-state index in [1.54, 1.807) is 0 Å². The van der Waals surface area contributed by atoms with Crippen molar-refractivity contribution in [1.82, 2.24) is 0 Å². The Kier molecular flexibility index (Phi) is 8.34. The molecule has 7 heteroatoms. The van der Waals surface area contributed by atoms with Gasteiger partial charge in [-0.2, -0.15) is 0 Å². The van der Waals surface area contributed by atoms with Crippen molar-refractivity contribution in [3.63, 3.8) is 0 Å². The highest BCUT2D eigenvalue weighted by Gasteiger charge is 2.53. The second-order valence-corrected chi connectivity index (χ2v) is 12.3. The van der Waals surface area contributed by atoms with Gasteiger partial charge in [-0.05, 0) is 15.4 Å². The molecule has 2 aromatic carbocycles. The minimum absolute atomic E-state index is 0.146. The maximum absolute atomic E-state index is 12.9. The number of aliphatic hydroxyl groups is 2. The molecule has 0 aliphatic carbocycles. The van der Waals surface area contributed by atoms with Gasteiger partial charge in [-0.3, -0.25) is 9.59 Å². The van der Waals surface area contributed by atoms with Gasteiger partial charge in [-0.1, -0.05) is 81.4 Å². The molecule has 162 valence electrons. The summed E-state index contributed by atoms with van der Waals surface area (Å²) in [6, 6.07) is 19.5. The zero-order chi connectivity index (χ0) is 22.2. The van der Waals surface area contributed by atoms with Gasteiger partial charge in [0, 0.05) is 0 Å². The molecule has 0 fully saturated rings. The number of ether oxygens (including phenoxy) is 1. The number of carbonyl (C=O) groups is 2. The number of hydrogen-bond donors (Lipinski definition) is 2. The molecular formula is C23H30O6Si. The predicted octanol–water partition coefficient (Wildman–Crippen LogP) is 1.77. The standard InChI is InChI=1S/C23H30O6Si/c1-23(2,3)30(19-10-6-4-7-11-19,20-12-8-5-9-13-20)29-22(27)15-14-21(26)28-18(16-24)17-25/h4-13,18,24-25H,14-17H2,1-3H3. The van der Waals surface area contributed by atoms with Crippen molar-refractivity contribution in [2.24, 2.45) is 0 Å². The SMILES string of the molecule is CC(C)(C)[Si](OC(=O)CCC(=O)OC(CO)CO)(c1ccccc1)c1ccccc1. The molecule has 30 heavy (non-hydrogen) atoms. The Labute approximate surface area is 178 Å². The smallest absolute Gasteiger partial charge is 0.323 e. The lowest BCUT2D eigenvalue weighted by atomic mass is 10.2. The summed E-state index contributed by atoms with van der Waals surface area (Å²) < 4.78 is 11.2. The Morgan fingerprint density at radius 1 is 0.833 bits per heavy atom. The van der Waals surface area contributed by atoms with E-state index in [-0.39, 0.29) is 17.9 Å². The normalized spacial score (nSPS) is 11.9. The second-order valence-electron chi connectivity index (χ2n) is 8.11. The molecule has 0 atom stereocenters. The van der Waals surface area contributed by atoms with Crippen molar-refractivity contribution in [1.29, 1.82) is 0 Å². The highest BCUT2D eigenvalue weighted by molar-refractivity contribution is 7.00. The van der Waals surface area contributed by atoms with E-state index in [4.69, 9.17) is 19.4 Å². The lowest BCUT2D eigenvalue weighted by molar-refractivity contribution is -0.155. The van der Waals surface area contributed by atoms with E-state index in [1.165, 1.54) is 0 Å². The van der Waals surface area contributed by atoms with E-state index in [0.717, 1.165) is 10.4 Å². The van der Waals surface area contributed by atoms with E-state index < -0.39 is 39.6 Å². The third kappa shape index (κ3) is 5.56. The Hall–Kier alpha value is -2.48. The summed E-state index contributed by atoms with van der Waals surface area (Å²) in [6.45, 7) is 5.24. The summed E-state index contributed by atoms with van der Waals surface area (Å²) in [4.78, 5) is 24.8. The van der Waals surface area contributed by atoms with Crippen LogP contribution in [0, 0.1) is 0 Å². The Bertz CT molecular complexity index is 773. The summed E-state index contributed by atoms with van der Waals surface area (Å²) in [7, 11) is -3.01. The van der Waals surface area contributed by atoms with Crippen LogP contribution in [0.15, 0.2) is 60.7 Å². The molecule has 0 heterocycles. The molecule has 2 rings (SSSR count). The maximum atomic E-state index is 12.9. The first-order chi connectivity index (χ1) is 14.2. The van der Waals surface area contributed by atoms with Crippen molar-refractivity contribution in [2.75, 3.05) is 13.2 Å². The second kappa shape index (κ2) is 10.5. The third-order valence-electron chi connectivity index (χ3n) is 4.92. The maximum Gasteiger partial charge on any atom is 0.323 e. The van der Waals surface area contributed by atoms with E-state index >= 15 is 0 Å². The number of hydrogen-bond acceptors (Lipinski definition) is 6. The van der Waals surface area contributed by atoms with Crippen molar-refractivity contribution in [2.45, 2.75) is 44.8 Å². The van der Waals surface area contributed by atoms with Crippen LogP contribution in [0.2, 0.25) is 5.04 Å². The van der Waals surface area contributed by atoms with Crippen LogP contribution in [0.3, 0.4) is 0 Å². The van der Waals surface area contributed by atoms with Crippen LogP contribution in [0.1, 0.15) is 33.6 Å². The van der Waals surface area contributed by atoms with Gasteiger partial charge >= 0.3 is 14.3 Å². The Morgan fingerprint density at radius 3 is 1.67 bits per heavy atom. The van der Waals surface area contributed by atoms with Gasteiger partial charge in [-0.15, -0.1) is 0 Å². The molecule has 0 aliphatic heterocycles. The van der Waals surface area contributed by atoms with Crippen LogP contribution in [0.5, 0.6) is 0 Å². The number of aliphatic hydroxyl groups excluding tert-OH is 2. The van der Waals surface area contributed by atoms with E-state index in [9.17, 15) is 9.59 Å². The van der Waals surface area contributed by atoms with Gasteiger partial charge in [-0.25, -0.2) is 0 Å². The number of rotatable bonds is 9. The first-order valence-corrected chi connectivity index (χ1v) is 11.9. The van der Waals surface area contributed by atoms with Crippen LogP contribution < -0.4 is 10.4 Å². The monoisotopic (exact) mass is 430 g/mol. The summed E-state index contributed by atoms with van der Waals surface area (Å²) in [5.41, 5.74) is 0. The van der Waals surface area contributed by atoms with Crippen LogP contribution in [0.25, 0.3) is 0 Å². The summed E-state index contributed by atoms with van der Waals surface area (Å²) >= 11 is 0. The Balaban J connectivity index is 2.30. The van der Waals surface area contributed by atoms with E-state index in [2.05, 4.69) is 20.8 Å². The van der Waals surface area contributed by atoms with Gasteiger partial charge in [0.1, 0.15) is 6.10 Å². The molecule has 0 saturated heterocycles.